The Morgan fingerprint density at radius 2 is 1.46 bits per heavy atom. The zero-order valence-electron chi connectivity index (χ0n) is 19.7. The lowest BCUT2D eigenvalue weighted by Crippen LogP contribution is -2.11. The zero-order chi connectivity index (χ0) is 28.5. The van der Waals surface area contributed by atoms with E-state index in [-0.39, 0.29) is 24.9 Å². The largest absolute Gasteiger partial charge is 0.478 e. The first-order chi connectivity index (χ1) is 17.2. The number of rotatable bonds is 8. The second-order valence-electron chi connectivity index (χ2n) is 6.72. The van der Waals surface area contributed by atoms with Gasteiger partial charge in [0.1, 0.15) is 0 Å². The molecule has 2 heterocycles. The van der Waals surface area contributed by atoms with Crippen molar-refractivity contribution in [1.82, 2.24) is 9.97 Å². The van der Waals surface area contributed by atoms with Gasteiger partial charge in [-0.25, -0.2) is 4.98 Å². The van der Waals surface area contributed by atoms with Gasteiger partial charge in [-0.15, -0.1) is 0 Å². The van der Waals surface area contributed by atoms with Crippen LogP contribution in [0, 0.1) is 0 Å². The van der Waals surface area contributed by atoms with Gasteiger partial charge < -0.3 is 19.2 Å². The van der Waals surface area contributed by atoms with Crippen molar-refractivity contribution in [1.29, 1.82) is 0 Å². The maximum atomic E-state index is 12.4. The fourth-order valence-corrected chi connectivity index (χ4v) is 2.37. The predicted molar refractivity (Wildman–Crippen MR) is 123 cm³/mol. The maximum absolute atomic E-state index is 12.4. The van der Waals surface area contributed by atoms with Crippen LogP contribution >= 0.6 is 15.9 Å². The van der Waals surface area contributed by atoms with Crippen molar-refractivity contribution in [2.75, 3.05) is 26.2 Å². The number of esters is 2. The number of methoxy groups -OCH3 is 2. The van der Waals surface area contributed by atoms with E-state index in [1.165, 1.54) is 14.2 Å². The highest BCUT2D eigenvalue weighted by molar-refractivity contribution is 9.09. The minimum absolute atomic E-state index is 0.101. The van der Waals surface area contributed by atoms with Crippen molar-refractivity contribution < 1.29 is 50.1 Å². The van der Waals surface area contributed by atoms with Crippen LogP contribution < -0.4 is 10.3 Å². The highest BCUT2D eigenvalue weighted by Crippen LogP contribution is 2.30. The SMILES string of the molecule is COC(=O)CCCBr.COC(=O)CCCOc1cc(C(F)(F)F)ccn1.O=c1cc(C(F)(F)F)cc[nH]1. The Hall–Kier alpha value is -3.10. The first kappa shape index (κ1) is 33.9. The van der Waals surface area contributed by atoms with Crippen molar-refractivity contribution in [2.24, 2.45) is 0 Å². The molecule has 0 radical (unpaired) electrons. The van der Waals surface area contributed by atoms with E-state index in [2.05, 4.69) is 35.4 Å². The summed E-state index contributed by atoms with van der Waals surface area (Å²) in [6, 6.07) is 3.00. The molecule has 0 aliphatic carbocycles. The quantitative estimate of drug-likeness (QED) is 0.191. The summed E-state index contributed by atoms with van der Waals surface area (Å²) in [5.74, 6) is -0.644. The molecule has 0 fully saturated rings. The lowest BCUT2D eigenvalue weighted by molar-refractivity contribution is -0.141. The molecule has 2 aromatic heterocycles. The van der Waals surface area contributed by atoms with Crippen LogP contribution in [0.3, 0.4) is 0 Å². The summed E-state index contributed by atoms with van der Waals surface area (Å²) in [6.45, 7) is 0.101. The number of carbonyl (C=O) groups excluding carboxylic acids is 2. The van der Waals surface area contributed by atoms with Crippen LogP contribution in [0.5, 0.6) is 5.88 Å². The summed E-state index contributed by atoms with van der Waals surface area (Å²) < 4.78 is 86.4. The van der Waals surface area contributed by atoms with Crippen molar-refractivity contribution in [3.63, 3.8) is 0 Å². The third-order valence-electron chi connectivity index (χ3n) is 3.91. The van der Waals surface area contributed by atoms with Gasteiger partial charge in [0.25, 0.3) is 0 Å². The van der Waals surface area contributed by atoms with E-state index in [4.69, 9.17) is 4.74 Å². The molecule has 0 aliphatic rings. The second-order valence-corrected chi connectivity index (χ2v) is 7.51. The van der Waals surface area contributed by atoms with Crippen LogP contribution in [0.2, 0.25) is 0 Å². The molecule has 8 nitrogen and oxygen atoms in total. The van der Waals surface area contributed by atoms with Gasteiger partial charge in [0.2, 0.25) is 11.4 Å². The van der Waals surface area contributed by atoms with Gasteiger partial charge in [-0.1, -0.05) is 15.9 Å². The standard InChI is InChI=1S/C11H12F3NO3.C6H4F3NO.C5H9BrO2/c1-17-10(16)3-2-6-18-9-7-8(4-5-15-9)11(12,13)14;7-6(8,9)4-1-2-10-5(11)3-4;1-8-5(7)3-2-4-6/h4-5,7H,2-3,6H2,1H3;1-3H,(H,10,11);2-4H2,1H3. The van der Waals surface area contributed by atoms with Gasteiger partial charge in [-0.05, 0) is 25.0 Å². The highest BCUT2D eigenvalue weighted by atomic mass is 79.9. The van der Waals surface area contributed by atoms with Crippen molar-refractivity contribution in [3.05, 3.63) is 58.1 Å². The molecule has 37 heavy (non-hydrogen) atoms. The molecular weight excluding hydrogens is 582 g/mol. The van der Waals surface area contributed by atoms with Gasteiger partial charge in [-0.2, -0.15) is 26.3 Å². The van der Waals surface area contributed by atoms with Crippen molar-refractivity contribution in [3.8, 4) is 5.88 Å². The molecule has 0 aromatic carbocycles. The Morgan fingerprint density at radius 1 is 0.919 bits per heavy atom. The maximum Gasteiger partial charge on any atom is 0.416 e. The average Bonchev–Trinajstić information content (AvgIpc) is 2.85. The molecule has 0 saturated carbocycles. The zero-order valence-corrected chi connectivity index (χ0v) is 21.3. The van der Waals surface area contributed by atoms with Gasteiger partial charge in [0.05, 0.1) is 32.0 Å². The minimum atomic E-state index is -4.44. The number of nitrogens with zero attached hydrogens (tertiary/aromatic N) is 1. The number of halogens is 7. The lowest BCUT2D eigenvalue weighted by atomic mass is 10.2. The summed E-state index contributed by atoms with van der Waals surface area (Å²) in [5.41, 5.74) is -2.50. The van der Waals surface area contributed by atoms with Crippen LogP contribution in [0.4, 0.5) is 26.3 Å². The number of nitrogens with one attached hydrogen (secondary N) is 1. The van der Waals surface area contributed by atoms with E-state index >= 15 is 0 Å². The summed E-state index contributed by atoms with van der Waals surface area (Å²) in [5, 5.41) is 0.863. The van der Waals surface area contributed by atoms with Crippen LogP contribution in [0.25, 0.3) is 0 Å². The molecular formula is C22H25BrF6N2O6. The monoisotopic (exact) mass is 606 g/mol. The molecule has 2 aromatic rings. The van der Waals surface area contributed by atoms with E-state index in [0.29, 0.717) is 18.9 Å². The van der Waals surface area contributed by atoms with Crippen LogP contribution in [0.1, 0.15) is 36.8 Å². The summed E-state index contributed by atoms with van der Waals surface area (Å²) >= 11 is 3.20. The van der Waals surface area contributed by atoms with Crippen LogP contribution in [0.15, 0.2) is 41.5 Å². The number of carbonyl (C=O) groups is 2. The Labute approximate surface area is 216 Å². The third kappa shape index (κ3) is 16.3. The van der Waals surface area contributed by atoms with Crippen LogP contribution in [-0.4, -0.2) is 48.1 Å². The Bertz CT molecular complexity index is 1010. The number of pyridine rings is 2. The normalized spacial score (nSPS) is 10.7. The molecule has 1 N–H and O–H groups in total. The molecule has 208 valence electrons. The number of alkyl halides is 7. The van der Waals surface area contributed by atoms with E-state index in [9.17, 15) is 40.7 Å². The average molecular weight is 607 g/mol. The smallest absolute Gasteiger partial charge is 0.416 e. The fourth-order valence-electron chi connectivity index (χ4n) is 2.09. The number of H-pyrrole nitrogens is 1. The van der Waals surface area contributed by atoms with Crippen molar-refractivity contribution in [2.45, 2.75) is 38.0 Å². The number of hydrogen-bond donors (Lipinski definition) is 1. The van der Waals surface area contributed by atoms with Crippen molar-refractivity contribution >= 4 is 27.9 Å². The fraction of sp³-hybridized carbons (Fsp3) is 0.455. The van der Waals surface area contributed by atoms with E-state index in [1.54, 1.807) is 0 Å². The van der Waals surface area contributed by atoms with E-state index < -0.39 is 35.0 Å². The Kier molecular flexibility index (Phi) is 15.9. The van der Waals surface area contributed by atoms with Gasteiger partial charge in [0, 0.05) is 42.7 Å². The van der Waals surface area contributed by atoms with Gasteiger partial charge in [-0.3, -0.25) is 14.4 Å². The molecule has 0 bridgehead atoms. The Morgan fingerprint density at radius 3 is 1.92 bits per heavy atom. The Balaban J connectivity index is 0.000000580. The number of aromatic nitrogens is 2. The van der Waals surface area contributed by atoms with E-state index in [0.717, 1.165) is 42.3 Å². The molecule has 2 rings (SSSR count). The predicted octanol–water partition coefficient (Wildman–Crippen LogP) is 5.16. The summed E-state index contributed by atoms with van der Waals surface area (Å²) in [7, 11) is 2.66. The number of ether oxygens (including phenoxy) is 3. The topological polar surface area (TPSA) is 108 Å². The lowest BCUT2D eigenvalue weighted by Gasteiger charge is -2.08. The summed E-state index contributed by atoms with van der Waals surface area (Å²) in [4.78, 5) is 37.2. The number of hydrogen-bond acceptors (Lipinski definition) is 7. The first-order valence-electron chi connectivity index (χ1n) is 10.4. The third-order valence-corrected chi connectivity index (χ3v) is 4.47. The molecule has 15 heteroatoms. The molecule has 0 amide bonds. The summed E-state index contributed by atoms with van der Waals surface area (Å²) in [6.07, 6.45) is -5.00. The van der Waals surface area contributed by atoms with Crippen LogP contribution in [-0.2, 0) is 31.4 Å². The molecule has 0 aliphatic heterocycles. The van der Waals surface area contributed by atoms with E-state index in [1.807, 2.05) is 0 Å². The molecule has 0 spiro atoms. The van der Waals surface area contributed by atoms with Gasteiger partial charge in [0.15, 0.2) is 0 Å². The highest BCUT2D eigenvalue weighted by Gasteiger charge is 2.31. The minimum Gasteiger partial charge on any atom is -0.478 e. The molecule has 0 unspecified atom stereocenters. The molecule has 0 atom stereocenters. The van der Waals surface area contributed by atoms with Gasteiger partial charge >= 0.3 is 24.3 Å². The second kappa shape index (κ2) is 17.4. The molecule has 0 saturated heterocycles. The first-order valence-corrected chi connectivity index (χ1v) is 11.5. The number of aromatic amines is 1.